The fourth-order valence-corrected chi connectivity index (χ4v) is 1.87. The molecule has 6 heteroatoms. The number of halogens is 2. The van der Waals surface area contributed by atoms with Crippen LogP contribution in [0.1, 0.15) is 24.9 Å². The molecule has 4 nitrogen and oxygen atoms in total. The van der Waals surface area contributed by atoms with Gasteiger partial charge in [0.1, 0.15) is 11.6 Å². The summed E-state index contributed by atoms with van der Waals surface area (Å²) in [4.78, 5) is 13.4. The van der Waals surface area contributed by atoms with Crippen LogP contribution in [0.4, 0.5) is 8.78 Å². The molecule has 0 bridgehead atoms. The van der Waals surface area contributed by atoms with Gasteiger partial charge < -0.3 is 15.7 Å². The number of aliphatic hydroxyl groups excluding tert-OH is 1. The highest BCUT2D eigenvalue weighted by Crippen LogP contribution is 2.23. The molecular weight excluding hydrogens is 266 g/mol. The molecular formula is C14H20F2N2O2. The van der Waals surface area contributed by atoms with E-state index in [9.17, 15) is 13.6 Å². The number of nitrogens with two attached hydrogens (primary N) is 1. The zero-order valence-corrected chi connectivity index (χ0v) is 11.6. The molecule has 0 saturated carbocycles. The fraction of sp³-hybridized carbons (Fsp3) is 0.500. The molecule has 0 radical (unpaired) electrons. The van der Waals surface area contributed by atoms with Crippen LogP contribution >= 0.6 is 0 Å². The molecule has 1 amide bonds. The average molecular weight is 286 g/mol. The number of carbonyl (C=O) groups is 1. The second-order valence-corrected chi connectivity index (χ2v) is 4.83. The van der Waals surface area contributed by atoms with Crippen molar-refractivity contribution in [2.24, 2.45) is 11.7 Å². The molecule has 1 aromatic rings. The molecule has 0 aliphatic heterocycles. The molecule has 0 fully saturated rings. The van der Waals surface area contributed by atoms with Crippen LogP contribution < -0.4 is 5.73 Å². The van der Waals surface area contributed by atoms with Gasteiger partial charge in [-0.15, -0.1) is 0 Å². The van der Waals surface area contributed by atoms with Gasteiger partial charge in [0, 0.05) is 31.6 Å². The van der Waals surface area contributed by atoms with E-state index in [4.69, 9.17) is 10.8 Å². The van der Waals surface area contributed by atoms with E-state index in [1.54, 1.807) is 6.92 Å². The molecule has 0 heterocycles. The van der Waals surface area contributed by atoms with Gasteiger partial charge >= 0.3 is 0 Å². The van der Waals surface area contributed by atoms with Gasteiger partial charge in [0.05, 0.1) is 6.04 Å². The maximum Gasteiger partial charge on any atom is 0.223 e. The summed E-state index contributed by atoms with van der Waals surface area (Å²) in [7, 11) is 1.52. The van der Waals surface area contributed by atoms with Crippen molar-refractivity contribution in [3.63, 3.8) is 0 Å². The van der Waals surface area contributed by atoms with Crippen molar-refractivity contribution in [1.29, 1.82) is 0 Å². The molecule has 0 saturated heterocycles. The monoisotopic (exact) mass is 286 g/mol. The maximum atomic E-state index is 13.7. The van der Waals surface area contributed by atoms with Crippen LogP contribution in [0.5, 0.6) is 0 Å². The summed E-state index contributed by atoms with van der Waals surface area (Å²) in [5.41, 5.74) is 5.54. The quantitative estimate of drug-likeness (QED) is 0.831. The molecule has 112 valence electrons. The number of carbonyl (C=O) groups excluding carboxylic acids is 1. The first-order chi connectivity index (χ1) is 9.40. The fourth-order valence-electron chi connectivity index (χ4n) is 1.87. The van der Waals surface area contributed by atoms with Crippen LogP contribution in [0.3, 0.4) is 0 Å². The Morgan fingerprint density at radius 2 is 2.10 bits per heavy atom. The van der Waals surface area contributed by atoms with Crippen LogP contribution in [0.25, 0.3) is 0 Å². The summed E-state index contributed by atoms with van der Waals surface area (Å²) in [5.74, 6) is -1.71. The first kappa shape index (κ1) is 16.5. The van der Waals surface area contributed by atoms with Crippen molar-refractivity contribution in [3.05, 3.63) is 35.4 Å². The Labute approximate surface area is 117 Å². The minimum absolute atomic E-state index is 0.0742. The first-order valence-electron chi connectivity index (χ1n) is 6.42. The SMILES string of the molecule is C[C@@H](c1cc(F)ccc1F)N(C)C(=O)C[C@@H](CN)CO. The Bertz CT molecular complexity index is 464. The molecule has 3 N–H and O–H groups in total. The first-order valence-corrected chi connectivity index (χ1v) is 6.42. The van der Waals surface area contributed by atoms with Crippen molar-refractivity contribution in [3.8, 4) is 0 Å². The third-order valence-electron chi connectivity index (χ3n) is 3.44. The lowest BCUT2D eigenvalue weighted by molar-refractivity contribution is -0.133. The minimum atomic E-state index is -0.602. The second-order valence-electron chi connectivity index (χ2n) is 4.83. The van der Waals surface area contributed by atoms with E-state index in [0.717, 1.165) is 18.2 Å². The van der Waals surface area contributed by atoms with Crippen LogP contribution in [-0.2, 0) is 4.79 Å². The van der Waals surface area contributed by atoms with Gasteiger partial charge in [-0.25, -0.2) is 8.78 Å². The third-order valence-corrected chi connectivity index (χ3v) is 3.44. The van der Waals surface area contributed by atoms with Crippen molar-refractivity contribution < 1.29 is 18.7 Å². The normalized spacial score (nSPS) is 13.9. The Morgan fingerprint density at radius 3 is 2.65 bits per heavy atom. The van der Waals surface area contributed by atoms with E-state index < -0.39 is 17.7 Å². The molecule has 2 atom stereocenters. The van der Waals surface area contributed by atoms with E-state index >= 15 is 0 Å². The summed E-state index contributed by atoms with van der Waals surface area (Å²) in [6, 6.07) is 2.55. The molecule has 1 rings (SSSR count). The molecule has 0 aliphatic rings. The number of rotatable bonds is 6. The van der Waals surface area contributed by atoms with Crippen molar-refractivity contribution >= 4 is 5.91 Å². The molecule has 0 aliphatic carbocycles. The number of benzene rings is 1. The summed E-state index contributed by atoms with van der Waals surface area (Å²) < 4.78 is 26.8. The summed E-state index contributed by atoms with van der Waals surface area (Å²) >= 11 is 0. The highest BCUT2D eigenvalue weighted by Gasteiger charge is 2.22. The Kier molecular flexibility index (Phi) is 6.04. The number of aliphatic hydroxyl groups is 1. The van der Waals surface area contributed by atoms with Crippen molar-refractivity contribution in [2.45, 2.75) is 19.4 Å². The number of hydrogen-bond acceptors (Lipinski definition) is 3. The highest BCUT2D eigenvalue weighted by molar-refractivity contribution is 5.76. The van der Waals surface area contributed by atoms with Crippen LogP contribution in [0.15, 0.2) is 18.2 Å². The molecule has 20 heavy (non-hydrogen) atoms. The summed E-state index contributed by atoms with van der Waals surface area (Å²) in [6.45, 7) is 1.63. The van der Waals surface area contributed by atoms with Gasteiger partial charge in [-0.1, -0.05) is 0 Å². The molecule has 0 unspecified atom stereocenters. The van der Waals surface area contributed by atoms with Gasteiger partial charge in [0.15, 0.2) is 0 Å². The number of nitrogens with zero attached hydrogens (tertiary/aromatic N) is 1. The smallest absolute Gasteiger partial charge is 0.223 e. The molecule has 0 aromatic heterocycles. The topological polar surface area (TPSA) is 66.6 Å². The van der Waals surface area contributed by atoms with E-state index in [0.29, 0.717) is 0 Å². The van der Waals surface area contributed by atoms with Gasteiger partial charge in [0.25, 0.3) is 0 Å². The Hall–Kier alpha value is -1.53. The van der Waals surface area contributed by atoms with E-state index in [2.05, 4.69) is 0 Å². The third kappa shape index (κ3) is 3.98. The summed E-state index contributed by atoms with van der Waals surface area (Å²) in [5, 5.41) is 9.03. The Morgan fingerprint density at radius 1 is 1.45 bits per heavy atom. The van der Waals surface area contributed by atoms with Crippen LogP contribution in [0, 0.1) is 17.6 Å². The standard InChI is InChI=1S/C14H20F2N2O2/c1-9(12-6-11(15)3-4-13(12)16)18(2)14(20)5-10(7-17)8-19/h3-4,6,9-10,19H,5,7-8,17H2,1-2H3/t9-,10-/m0/s1. The maximum absolute atomic E-state index is 13.7. The zero-order chi connectivity index (χ0) is 15.3. The van der Waals surface area contributed by atoms with E-state index in [1.165, 1.54) is 11.9 Å². The second kappa shape index (κ2) is 7.31. The van der Waals surface area contributed by atoms with Crippen molar-refractivity contribution in [2.75, 3.05) is 20.2 Å². The predicted octanol–water partition coefficient (Wildman–Crippen LogP) is 1.44. The lowest BCUT2D eigenvalue weighted by Crippen LogP contribution is -2.33. The highest BCUT2D eigenvalue weighted by atomic mass is 19.1. The van der Waals surface area contributed by atoms with Crippen LogP contribution in [0.2, 0.25) is 0 Å². The molecule has 0 spiro atoms. The van der Waals surface area contributed by atoms with E-state index in [1.807, 2.05) is 0 Å². The number of hydrogen-bond donors (Lipinski definition) is 2. The van der Waals surface area contributed by atoms with Gasteiger partial charge in [-0.2, -0.15) is 0 Å². The average Bonchev–Trinajstić information content (AvgIpc) is 2.45. The van der Waals surface area contributed by atoms with Gasteiger partial charge in [0.2, 0.25) is 5.91 Å². The van der Waals surface area contributed by atoms with E-state index in [-0.39, 0.29) is 37.0 Å². The summed E-state index contributed by atoms with van der Waals surface area (Å²) in [6.07, 6.45) is 0.0742. The predicted molar refractivity (Wildman–Crippen MR) is 71.8 cm³/mol. The minimum Gasteiger partial charge on any atom is -0.396 e. The zero-order valence-electron chi connectivity index (χ0n) is 11.6. The largest absolute Gasteiger partial charge is 0.396 e. The van der Waals surface area contributed by atoms with Crippen molar-refractivity contribution in [1.82, 2.24) is 4.90 Å². The molecule has 1 aromatic carbocycles. The Balaban J connectivity index is 2.82. The van der Waals surface area contributed by atoms with Crippen LogP contribution in [-0.4, -0.2) is 36.1 Å². The number of amides is 1. The van der Waals surface area contributed by atoms with Gasteiger partial charge in [-0.05, 0) is 31.7 Å². The van der Waals surface area contributed by atoms with Gasteiger partial charge in [-0.3, -0.25) is 4.79 Å². The lowest BCUT2D eigenvalue weighted by atomic mass is 10.0. The lowest BCUT2D eigenvalue weighted by Gasteiger charge is -2.27.